The first kappa shape index (κ1) is 20.6. The van der Waals surface area contributed by atoms with Crippen molar-refractivity contribution in [3.05, 3.63) is 42.0 Å². The summed E-state index contributed by atoms with van der Waals surface area (Å²) in [6.45, 7) is 3.02. The number of aromatic hydroxyl groups is 1. The molecule has 2 N–H and O–H groups in total. The summed E-state index contributed by atoms with van der Waals surface area (Å²) in [5.41, 5.74) is 1.01. The molecule has 0 spiro atoms. The summed E-state index contributed by atoms with van der Waals surface area (Å²) in [4.78, 5) is 22.6. The van der Waals surface area contributed by atoms with Crippen molar-refractivity contribution in [3.63, 3.8) is 0 Å². The van der Waals surface area contributed by atoms with Crippen LogP contribution in [-0.4, -0.2) is 52.7 Å². The normalized spacial score (nSPS) is 13.5. The predicted molar refractivity (Wildman–Crippen MR) is 113 cm³/mol. The number of aromatic nitrogens is 2. The molecule has 9 heteroatoms. The first-order valence-corrected chi connectivity index (χ1v) is 9.96. The highest BCUT2D eigenvalue weighted by Crippen LogP contribution is 2.36. The molecule has 3 aromatic rings. The lowest BCUT2D eigenvalue weighted by Gasteiger charge is -2.17. The van der Waals surface area contributed by atoms with Gasteiger partial charge in [0.25, 0.3) is 5.91 Å². The van der Waals surface area contributed by atoms with Crippen LogP contribution < -0.4 is 14.8 Å². The van der Waals surface area contributed by atoms with Crippen molar-refractivity contribution in [1.82, 2.24) is 14.9 Å². The average Bonchev–Trinajstić information content (AvgIpc) is 3.32. The number of hydrogen-bond acceptors (Lipinski definition) is 7. The molecule has 2 aromatic carbocycles. The molecule has 1 aliphatic heterocycles. The summed E-state index contributed by atoms with van der Waals surface area (Å²) in [5, 5.41) is 13.4. The van der Waals surface area contributed by atoms with Gasteiger partial charge in [-0.25, -0.2) is 14.4 Å². The van der Waals surface area contributed by atoms with Crippen LogP contribution in [0.5, 0.6) is 17.2 Å². The maximum atomic E-state index is 14.3. The zero-order valence-corrected chi connectivity index (χ0v) is 17.3. The average molecular weight is 426 g/mol. The van der Waals surface area contributed by atoms with Crippen LogP contribution in [0.4, 0.5) is 15.9 Å². The Morgan fingerprint density at radius 2 is 2.00 bits per heavy atom. The van der Waals surface area contributed by atoms with E-state index in [4.69, 9.17) is 9.47 Å². The van der Waals surface area contributed by atoms with Crippen molar-refractivity contribution in [3.8, 4) is 17.2 Å². The first-order valence-electron chi connectivity index (χ1n) is 9.96. The predicted octanol–water partition coefficient (Wildman–Crippen LogP) is 3.54. The van der Waals surface area contributed by atoms with Crippen LogP contribution in [0, 0.1) is 12.7 Å². The lowest BCUT2D eigenvalue weighted by atomic mass is 10.1. The molecule has 1 saturated heterocycles. The summed E-state index contributed by atoms with van der Waals surface area (Å²) in [5.74, 6) is 0.502. The van der Waals surface area contributed by atoms with E-state index < -0.39 is 5.82 Å². The molecule has 1 fully saturated rings. The molecule has 0 saturated carbocycles. The van der Waals surface area contributed by atoms with Crippen molar-refractivity contribution in [2.75, 3.05) is 32.1 Å². The molecule has 0 unspecified atom stereocenters. The molecule has 0 bridgehead atoms. The molecule has 1 aliphatic rings. The number of carbonyl (C=O) groups excluding carboxylic acids is 1. The van der Waals surface area contributed by atoms with Gasteiger partial charge < -0.3 is 24.8 Å². The van der Waals surface area contributed by atoms with Gasteiger partial charge in [-0.1, -0.05) is 0 Å². The van der Waals surface area contributed by atoms with Crippen LogP contribution in [0.25, 0.3) is 10.9 Å². The van der Waals surface area contributed by atoms with E-state index in [0.717, 1.165) is 25.9 Å². The lowest BCUT2D eigenvalue weighted by Crippen LogP contribution is -2.32. The van der Waals surface area contributed by atoms with E-state index in [9.17, 15) is 14.3 Å². The first-order chi connectivity index (χ1) is 15.0. The Morgan fingerprint density at radius 3 is 2.74 bits per heavy atom. The number of methoxy groups -OCH3 is 1. The van der Waals surface area contributed by atoms with E-state index in [1.54, 1.807) is 24.0 Å². The maximum Gasteiger partial charge on any atom is 0.260 e. The third kappa shape index (κ3) is 4.16. The summed E-state index contributed by atoms with van der Waals surface area (Å²) in [6, 6.07) is 5.80. The fraction of sp³-hybridized carbons (Fsp3) is 0.318. The minimum Gasteiger partial charge on any atom is -0.508 e. The third-order valence-corrected chi connectivity index (χ3v) is 5.36. The Labute approximate surface area is 178 Å². The number of nitrogens with zero attached hydrogens (tertiary/aromatic N) is 3. The number of phenolic OH excluding ortho intramolecular Hbond substituents is 1. The number of amides is 1. The zero-order chi connectivity index (χ0) is 22.0. The second kappa shape index (κ2) is 8.63. The number of phenols is 1. The summed E-state index contributed by atoms with van der Waals surface area (Å²) >= 11 is 0. The number of anilines is 2. The molecule has 4 rings (SSSR count). The molecule has 8 nitrogen and oxygen atoms in total. The largest absolute Gasteiger partial charge is 0.508 e. The van der Waals surface area contributed by atoms with Gasteiger partial charge in [-0.05, 0) is 38.0 Å². The van der Waals surface area contributed by atoms with Gasteiger partial charge in [0.05, 0.1) is 18.3 Å². The maximum absolute atomic E-state index is 14.3. The van der Waals surface area contributed by atoms with E-state index >= 15 is 0 Å². The number of likely N-dealkylation sites (tertiary alicyclic amines) is 1. The number of rotatable bonds is 6. The molecule has 1 amide bonds. The molecule has 162 valence electrons. The fourth-order valence-electron chi connectivity index (χ4n) is 3.57. The zero-order valence-electron chi connectivity index (χ0n) is 17.3. The third-order valence-electron chi connectivity index (χ3n) is 5.36. The number of halogens is 1. The van der Waals surface area contributed by atoms with Crippen molar-refractivity contribution < 1.29 is 23.8 Å². The SMILES string of the molecule is COc1cc2c(Nc3c(F)ccc(O)c3C)ncnc2cc1OCC(=O)N1CCCC1. The minimum atomic E-state index is -0.519. The fourth-order valence-corrected chi connectivity index (χ4v) is 3.57. The van der Waals surface area contributed by atoms with Gasteiger partial charge in [-0.2, -0.15) is 0 Å². The van der Waals surface area contributed by atoms with Crippen LogP contribution >= 0.6 is 0 Å². The smallest absolute Gasteiger partial charge is 0.260 e. The van der Waals surface area contributed by atoms with Gasteiger partial charge in [0, 0.05) is 30.1 Å². The number of carbonyl (C=O) groups is 1. The van der Waals surface area contributed by atoms with E-state index in [1.807, 2.05) is 0 Å². The summed E-state index contributed by atoms with van der Waals surface area (Å²) in [7, 11) is 1.49. The Bertz CT molecular complexity index is 1130. The minimum absolute atomic E-state index is 0.0294. The van der Waals surface area contributed by atoms with E-state index in [2.05, 4.69) is 15.3 Å². The van der Waals surface area contributed by atoms with Gasteiger partial charge in [0.2, 0.25) is 0 Å². The topological polar surface area (TPSA) is 96.8 Å². The van der Waals surface area contributed by atoms with Gasteiger partial charge in [0.15, 0.2) is 18.1 Å². The molecule has 0 atom stereocenters. The standard InChI is InChI=1S/C22H23FN4O4/c1-13-17(28)6-5-15(23)21(13)26-22-14-9-18(30-2)19(10-16(14)24-12-25-22)31-11-20(29)27-7-3-4-8-27/h5-6,9-10,12,28H,3-4,7-8,11H2,1-2H3,(H,24,25,26). The summed E-state index contributed by atoms with van der Waals surface area (Å²) < 4.78 is 25.5. The highest BCUT2D eigenvalue weighted by Gasteiger charge is 2.20. The molecular weight excluding hydrogens is 403 g/mol. The van der Waals surface area contributed by atoms with Crippen molar-refractivity contribution in [2.24, 2.45) is 0 Å². The molecule has 31 heavy (non-hydrogen) atoms. The van der Waals surface area contributed by atoms with Crippen molar-refractivity contribution in [1.29, 1.82) is 0 Å². The second-order valence-corrected chi connectivity index (χ2v) is 7.31. The van der Waals surface area contributed by atoms with Gasteiger partial charge in [-0.15, -0.1) is 0 Å². The van der Waals surface area contributed by atoms with Crippen LogP contribution in [0.3, 0.4) is 0 Å². The molecule has 1 aromatic heterocycles. The van der Waals surface area contributed by atoms with Crippen LogP contribution in [0.15, 0.2) is 30.6 Å². The van der Waals surface area contributed by atoms with Crippen LogP contribution in [-0.2, 0) is 4.79 Å². The number of ether oxygens (including phenoxy) is 2. The Kier molecular flexibility index (Phi) is 5.75. The van der Waals surface area contributed by atoms with Gasteiger partial charge in [0.1, 0.15) is 23.7 Å². The van der Waals surface area contributed by atoms with Crippen LogP contribution in [0.2, 0.25) is 0 Å². The highest BCUT2D eigenvalue weighted by molar-refractivity contribution is 5.93. The van der Waals surface area contributed by atoms with Crippen LogP contribution in [0.1, 0.15) is 18.4 Å². The number of fused-ring (bicyclic) bond motifs is 1. The Balaban J connectivity index is 1.64. The van der Waals surface area contributed by atoms with Crippen molar-refractivity contribution in [2.45, 2.75) is 19.8 Å². The number of nitrogens with one attached hydrogen (secondary N) is 1. The lowest BCUT2D eigenvalue weighted by molar-refractivity contribution is -0.132. The quantitative estimate of drug-likeness (QED) is 0.622. The molecule has 2 heterocycles. The van der Waals surface area contributed by atoms with Gasteiger partial charge >= 0.3 is 0 Å². The Hall–Kier alpha value is -3.62. The second-order valence-electron chi connectivity index (χ2n) is 7.31. The number of benzene rings is 2. The van der Waals surface area contributed by atoms with Crippen molar-refractivity contribution >= 4 is 28.3 Å². The van der Waals surface area contributed by atoms with E-state index in [1.165, 1.54) is 25.6 Å². The molecular formula is C22H23FN4O4. The number of hydrogen-bond donors (Lipinski definition) is 2. The van der Waals surface area contributed by atoms with E-state index in [-0.39, 0.29) is 24.0 Å². The molecule has 0 radical (unpaired) electrons. The van der Waals surface area contributed by atoms with Gasteiger partial charge in [-0.3, -0.25) is 4.79 Å². The summed E-state index contributed by atoms with van der Waals surface area (Å²) in [6.07, 6.45) is 3.36. The highest BCUT2D eigenvalue weighted by atomic mass is 19.1. The van der Waals surface area contributed by atoms with E-state index in [0.29, 0.717) is 33.8 Å². The Morgan fingerprint density at radius 1 is 1.23 bits per heavy atom. The monoisotopic (exact) mass is 426 g/mol. The molecule has 0 aliphatic carbocycles.